The van der Waals surface area contributed by atoms with Gasteiger partial charge in [0, 0.05) is 17.6 Å². The molecule has 0 spiro atoms. The number of fused-ring (bicyclic) bond motifs is 1. The summed E-state index contributed by atoms with van der Waals surface area (Å²) < 4.78 is 2.31. The number of aromatic nitrogens is 2. The monoisotopic (exact) mass is 240 g/mol. The van der Waals surface area contributed by atoms with E-state index in [1.54, 1.807) is 0 Å². The molecule has 2 nitrogen and oxygen atoms in total. The van der Waals surface area contributed by atoms with Crippen molar-refractivity contribution in [2.24, 2.45) is 11.8 Å². The minimum atomic E-state index is 0.754. The van der Waals surface area contributed by atoms with Gasteiger partial charge in [0.2, 0.25) is 0 Å². The molecule has 0 amide bonds. The van der Waals surface area contributed by atoms with E-state index < -0.39 is 0 Å². The fraction of sp³-hybridized carbons (Fsp3) is 0.700. The molecule has 2 saturated carbocycles. The molecule has 3 heteroatoms. The number of hydrogen-bond donors (Lipinski definition) is 0. The zero-order chi connectivity index (χ0) is 8.84. The van der Waals surface area contributed by atoms with Crippen molar-refractivity contribution in [1.82, 2.24) is 9.55 Å². The molecular formula is C10H13BrN2. The van der Waals surface area contributed by atoms with Gasteiger partial charge in [-0.15, -0.1) is 0 Å². The molecule has 2 aliphatic rings. The van der Waals surface area contributed by atoms with Crippen molar-refractivity contribution >= 4 is 15.9 Å². The van der Waals surface area contributed by atoms with Crippen molar-refractivity contribution in [2.75, 3.05) is 0 Å². The molecule has 70 valence electrons. The Morgan fingerprint density at radius 1 is 1.38 bits per heavy atom. The van der Waals surface area contributed by atoms with Crippen LogP contribution in [0.2, 0.25) is 0 Å². The summed E-state index contributed by atoms with van der Waals surface area (Å²) in [5, 5.41) is 0.875. The SMILES string of the molecule is BrCc1cn(C2CC3CC3C2)cn1. The molecule has 3 rings (SSSR count). The molecule has 1 aromatic rings. The van der Waals surface area contributed by atoms with E-state index in [1.165, 1.54) is 19.3 Å². The molecule has 1 aromatic heterocycles. The van der Waals surface area contributed by atoms with Crippen LogP contribution in [0.5, 0.6) is 0 Å². The second-order valence-electron chi connectivity index (χ2n) is 4.33. The fourth-order valence-electron chi connectivity index (χ4n) is 2.57. The molecule has 2 fully saturated rings. The van der Waals surface area contributed by atoms with Gasteiger partial charge in [-0.1, -0.05) is 15.9 Å². The Morgan fingerprint density at radius 2 is 2.15 bits per heavy atom. The Labute approximate surface area is 86.5 Å². The van der Waals surface area contributed by atoms with Crippen LogP contribution in [0.1, 0.15) is 31.0 Å². The van der Waals surface area contributed by atoms with E-state index >= 15 is 0 Å². The van der Waals surface area contributed by atoms with Crippen LogP contribution in [-0.2, 0) is 5.33 Å². The average Bonchev–Trinajstić information content (AvgIpc) is 2.67. The normalized spacial score (nSPS) is 36.2. The highest BCUT2D eigenvalue weighted by Crippen LogP contribution is 2.55. The third-order valence-electron chi connectivity index (χ3n) is 3.43. The van der Waals surface area contributed by atoms with Gasteiger partial charge in [-0.2, -0.15) is 0 Å². The molecule has 2 unspecified atom stereocenters. The Bertz CT molecular complexity index is 310. The molecule has 0 N–H and O–H groups in total. The van der Waals surface area contributed by atoms with E-state index in [1.807, 2.05) is 6.33 Å². The zero-order valence-corrected chi connectivity index (χ0v) is 9.07. The number of imidazole rings is 1. The quantitative estimate of drug-likeness (QED) is 0.728. The Morgan fingerprint density at radius 3 is 2.77 bits per heavy atom. The topological polar surface area (TPSA) is 17.8 Å². The number of alkyl halides is 1. The van der Waals surface area contributed by atoms with Gasteiger partial charge in [0.15, 0.2) is 0 Å². The first-order valence-corrected chi connectivity index (χ1v) is 6.07. The summed E-state index contributed by atoms with van der Waals surface area (Å²) in [4.78, 5) is 4.34. The number of halogens is 1. The van der Waals surface area contributed by atoms with Gasteiger partial charge in [-0.25, -0.2) is 4.98 Å². The Kier molecular flexibility index (Phi) is 1.76. The first-order valence-electron chi connectivity index (χ1n) is 4.95. The smallest absolute Gasteiger partial charge is 0.0952 e. The maximum atomic E-state index is 4.34. The van der Waals surface area contributed by atoms with Gasteiger partial charge in [-0.3, -0.25) is 0 Å². The standard InChI is InChI=1S/C10H13BrN2/c11-4-9-5-13(6-12-9)10-2-7-1-8(7)3-10/h5-8,10H,1-4H2. The second-order valence-corrected chi connectivity index (χ2v) is 4.89. The van der Waals surface area contributed by atoms with E-state index in [0.29, 0.717) is 0 Å². The van der Waals surface area contributed by atoms with Gasteiger partial charge in [-0.05, 0) is 31.1 Å². The molecule has 0 bridgehead atoms. The van der Waals surface area contributed by atoms with Crippen molar-refractivity contribution in [3.8, 4) is 0 Å². The van der Waals surface area contributed by atoms with E-state index in [-0.39, 0.29) is 0 Å². The number of hydrogen-bond acceptors (Lipinski definition) is 1. The van der Waals surface area contributed by atoms with E-state index in [4.69, 9.17) is 0 Å². The minimum absolute atomic E-state index is 0.754. The van der Waals surface area contributed by atoms with E-state index in [0.717, 1.165) is 28.9 Å². The minimum Gasteiger partial charge on any atom is -0.334 e. The molecular weight excluding hydrogens is 228 g/mol. The zero-order valence-electron chi connectivity index (χ0n) is 7.49. The predicted molar refractivity (Wildman–Crippen MR) is 54.7 cm³/mol. The molecule has 2 aliphatic carbocycles. The van der Waals surface area contributed by atoms with Crippen LogP contribution < -0.4 is 0 Å². The maximum Gasteiger partial charge on any atom is 0.0952 e. The maximum absolute atomic E-state index is 4.34. The number of rotatable bonds is 2. The van der Waals surface area contributed by atoms with Crippen molar-refractivity contribution in [1.29, 1.82) is 0 Å². The molecule has 0 saturated heterocycles. The molecule has 13 heavy (non-hydrogen) atoms. The number of nitrogens with zero attached hydrogens (tertiary/aromatic N) is 2. The second kappa shape index (κ2) is 2.84. The van der Waals surface area contributed by atoms with Gasteiger partial charge in [0.1, 0.15) is 0 Å². The molecule has 0 aliphatic heterocycles. The third-order valence-corrected chi connectivity index (χ3v) is 4.01. The fourth-order valence-corrected chi connectivity index (χ4v) is 2.86. The molecule has 1 heterocycles. The van der Waals surface area contributed by atoms with Crippen LogP contribution in [0.3, 0.4) is 0 Å². The van der Waals surface area contributed by atoms with Gasteiger partial charge < -0.3 is 4.57 Å². The van der Waals surface area contributed by atoms with E-state index in [9.17, 15) is 0 Å². The highest BCUT2D eigenvalue weighted by Gasteiger charge is 2.46. The summed E-state index contributed by atoms with van der Waals surface area (Å²) >= 11 is 3.42. The Balaban J connectivity index is 1.77. The van der Waals surface area contributed by atoms with E-state index in [2.05, 4.69) is 31.7 Å². The van der Waals surface area contributed by atoms with Gasteiger partial charge >= 0.3 is 0 Å². The average molecular weight is 241 g/mol. The van der Waals surface area contributed by atoms with Crippen LogP contribution >= 0.6 is 15.9 Å². The third kappa shape index (κ3) is 1.33. The lowest BCUT2D eigenvalue weighted by molar-refractivity contribution is 0.467. The van der Waals surface area contributed by atoms with Crippen molar-refractivity contribution in [3.63, 3.8) is 0 Å². The summed E-state index contributed by atoms with van der Waals surface area (Å²) in [6.45, 7) is 0. The van der Waals surface area contributed by atoms with Crippen molar-refractivity contribution in [2.45, 2.75) is 30.6 Å². The summed E-state index contributed by atoms with van der Waals surface area (Å²) in [6.07, 6.45) is 8.46. The molecule has 0 radical (unpaired) electrons. The molecule has 0 aromatic carbocycles. The van der Waals surface area contributed by atoms with Gasteiger partial charge in [0.05, 0.1) is 12.0 Å². The van der Waals surface area contributed by atoms with Crippen molar-refractivity contribution in [3.05, 3.63) is 18.2 Å². The summed E-state index contributed by atoms with van der Waals surface area (Å²) in [5.74, 6) is 2.11. The highest BCUT2D eigenvalue weighted by molar-refractivity contribution is 9.08. The van der Waals surface area contributed by atoms with Crippen LogP contribution in [0.25, 0.3) is 0 Å². The first-order chi connectivity index (χ1) is 6.36. The largest absolute Gasteiger partial charge is 0.334 e. The van der Waals surface area contributed by atoms with Crippen LogP contribution in [-0.4, -0.2) is 9.55 Å². The Hall–Kier alpha value is -0.310. The lowest BCUT2D eigenvalue weighted by Crippen LogP contribution is -2.03. The lowest BCUT2D eigenvalue weighted by Gasteiger charge is -2.12. The lowest BCUT2D eigenvalue weighted by atomic mass is 10.1. The van der Waals surface area contributed by atoms with Crippen LogP contribution in [0, 0.1) is 11.8 Å². The van der Waals surface area contributed by atoms with Gasteiger partial charge in [0.25, 0.3) is 0 Å². The summed E-state index contributed by atoms with van der Waals surface area (Å²) in [6, 6.07) is 0.754. The van der Waals surface area contributed by atoms with Crippen LogP contribution in [0.4, 0.5) is 0 Å². The predicted octanol–water partition coefficient (Wildman–Crippen LogP) is 2.75. The van der Waals surface area contributed by atoms with Crippen molar-refractivity contribution < 1.29 is 0 Å². The molecule has 2 atom stereocenters. The summed E-state index contributed by atoms with van der Waals surface area (Å²) in [7, 11) is 0. The summed E-state index contributed by atoms with van der Waals surface area (Å²) in [5.41, 5.74) is 1.15. The first kappa shape index (κ1) is 8.04. The van der Waals surface area contributed by atoms with Crippen LogP contribution in [0.15, 0.2) is 12.5 Å². The highest BCUT2D eigenvalue weighted by atomic mass is 79.9.